The first-order valence-corrected chi connectivity index (χ1v) is 10.6. The van der Waals surface area contributed by atoms with Crippen LogP contribution in [0.2, 0.25) is 5.02 Å². The smallest absolute Gasteiger partial charge is 0.257 e. The monoisotopic (exact) mass is 444 g/mol. The highest BCUT2D eigenvalue weighted by molar-refractivity contribution is 6.31. The summed E-state index contributed by atoms with van der Waals surface area (Å²) in [6.45, 7) is 1.76. The first-order chi connectivity index (χ1) is 15.5. The summed E-state index contributed by atoms with van der Waals surface area (Å²) in [6, 6.07) is 17.9. The summed E-state index contributed by atoms with van der Waals surface area (Å²) in [5.41, 5.74) is 4.79. The van der Waals surface area contributed by atoms with Gasteiger partial charge in [0.1, 0.15) is 12.1 Å². The zero-order valence-electron chi connectivity index (χ0n) is 17.6. The van der Waals surface area contributed by atoms with Crippen LogP contribution in [-0.2, 0) is 6.42 Å². The van der Waals surface area contributed by atoms with Gasteiger partial charge in [-0.3, -0.25) is 9.38 Å². The zero-order valence-corrected chi connectivity index (χ0v) is 18.4. The van der Waals surface area contributed by atoms with Gasteiger partial charge in [-0.1, -0.05) is 29.8 Å². The summed E-state index contributed by atoms with van der Waals surface area (Å²) in [7, 11) is 1.98. The molecule has 0 aliphatic carbocycles. The predicted octanol–water partition coefficient (Wildman–Crippen LogP) is 4.68. The minimum Gasteiger partial charge on any atom is -0.393 e. The van der Waals surface area contributed by atoms with Crippen molar-refractivity contribution >= 4 is 39.8 Å². The number of fused-ring (bicyclic) bond motifs is 3. The Balaban J connectivity index is 1.55. The fraction of sp³-hybridized carbons (Fsp3) is 0.167. The number of nitrogens with zero attached hydrogens (tertiary/aromatic N) is 6. The molecule has 7 nitrogen and oxygen atoms in total. The van der Waals surface area contributed by atoms with Gasteiger partial charge in [0.2, 0.25) is 0 Å². The molecular weight excluding hydrogens is 424 g/mol. The van der Waals surface area contributed by atoms with E-state index in [9.17, 15) is 5.11 Å². The van der Waals surface area contributed by atoms with Crippen molar-refractivity contribution in [2.75, 3.05) is 11.9 Å². The lowest BCUT2D eigenvalue weighted by Gasteiger charge is -2.21. The van der Waals surface area contributed by atoms with Crippen molar-refractivity contribution in [3.63, 3.8) is 0 Å². The number of rotatable bonds is 5. The topological polar surface area (TPSA) is 79.4 Å². The Morgan fingerprint density at radius 3 is 2.75 bits per heavy atom. The van der Waals surface area contributed by atoms with Gasteiger partial charge < -0.3 is 10.0 Å². The van der Waals surface area contributed by atoms with Crippen LogP contribution in [-0.4, -0.2) is 42.8 Å². The van der Waals surface area contributed by atoms with Crippen molar-refractivity contribution in [3.8, 4) is 11.1 Å². The second-order valence-corrected chi connectivity index (χ2v) is 8.23. The van der Waals surface area contributed by atoms with Crippen molar-refractivity contribution in [3.05, 3.63) is 77.8 Å². The molecule has 5 rings (SSSR count). The molecule has 3 heterocycles. The van der Waals surface area contributed by atoms with E-state index in [4.69, 9.17) is 16.6 Å². The third-order valence-electron chi connectivity index (χ3n) is 5.41. The molecule has 0 spiro atoms. The van der Waals surface area contributed by atoms with Crippen LogP contribution in [0.4, 0.5) is 11.5 Å². The number of hydrogen-bond donors (Lipinski definition) is 1. The molecule has 1 atom stereocenters. The van der Waals surface area contributed by atoms with E-state index in [0.29, 0.717) is 17.2 Å². The molecule has 2 aromatic carbocycles. The fourth-order valence-electron chi connectivity index (χ4n) is 3.81. The number of benzene rings is 2. The SMILES string of the molecule is CC(O)Cc1ccc(-c2cccc(N(C)c3nc4nncn4c4cc(Cl)ccc34)c2)cn1. The summed E-state index contributed by atoms with van der Waals surface area (Å²) < 4.78 is 1.83. The molecule has 3 aromatic heterocycles. The molecule has 0 saturated heterocycles. The van der Waals surface area contributed by atoms with Crippen LogP contribution in [0.15, 0.2) is 67.1 Å². The maximum Gasteiger partial charge on any atom is 0.257 e. The van der Waals surface area contributed by atoms with Crippen LogP contribution >= 0.6 is 11.6 Å². The van der Waals surface area contributed by atoms with Crippen molar-refractivity contribution < 1.29 is 5.11 Å². The van der Waals surface area contributed by atoms with E-state index >= 15 is 0 Å². The Hall–Kier alpha value is -3.55. The molecule has 0 aliphatic rings. The Bertz CT molecular complexity index is 1410. The average molecular weight is 445 g/mol. The van der Waals surface area contributed by atoms with E-state index in [1.165, 1.54) is 0 Å². The average Bonchev–Trinajstić information content (AvgIpc) is 3.27. The van der Waals surface area contributed by atoms with Gasteiger partial charge in [-0.15, -0.1) is 10.2 Å². The summed E-state index contributed by atoms with van der Waals surface area (Å²) in [5.74, 6) is 1.27. The van der Waals surface area contributed by atoms with E-state index in [-0.39, 0.29) is 0 Å². The largest absolute Gasteiger partial charge is 0.393 e. The van der Waals surface area contributed by atoms with Crippen molar-refractivity contribution in [1.29, 1.82) is 0 Å². The number of halogens is 1. The van der Waals surface area contributed by atoms with Gasteiger partial charge in [-0.25, -0.2) is 0 Å². The minimum absolute atomic E-state index is 0.412. The van der Waals surface area contributed by atoms with Crippen LogP contribution in [0.1, 0.15) is 12.6 Å². The molecule has 1 unspecified atom stereocenters. The molecule has 0 bridgehead atoms. The zero-order chi connectivity index (χ0) is 22.2. The summed E-state index contributed by atoms with van der Waals surface area (Å²) >= 11 is 6.25. The van der Waals surface area contributed by atoms with E-state index in [0.717, 1.165) is 39.2 Å². The number of aromatic nitrogens is 5. The lowest BCUT2D eigenvalue weighted by atomic mass is 10.1. The molecule has 32 heavy (non-hydrogen) atoms. The lowest BCUT2D eigenvalue weighted by Crippen LogP contribution is -2.13. The Labute approximate surface area is 190 Å². The maximum absolute atomic E-state index is 9.57. The molecule has 0 fully saturated rings. The third kappa shape index (κ3) is 3.77. The van der Waals surface area contributed by atoms with Crippen LogP contribution < -0.4 is 4.90 Å². The fourth-order valence-corrected chi connectivity index (χ4v) is 3.98. The Morgan fingerprint density at radius 1 is 1.09 bits per heavy atom. The number of anilines is 2. The third-order valence-corrected chi connectivity index (χ3v) is 5.64. The Morgan fingerprint density at radius 2 is 1.97 bits per heavy atom. The van der Waals surface area contributed by atoms with E-state index in [1.807, 2.05) is 65.0 Å². The standard InChI is InChI=1S/C24H21ClN6O/c1-15(32)10-19-8-6-17(13-26-19)16-4-3-5-20(11-16)30(2)23-21-9-7-18(25)12-22(21)31-14-27-29-24(31)28-23/h3-9,11-15,32H,10H2,1-2H3. The van der Waals surface area contributed by atoms with Crippen LogP contribution in [0.3, 0.4) is 0 Å². The van der Waals surface area contributed by atoms with Gasteiger partial charge in [0.25, 0.3) is 5.78 Å². The normalized spacial score (nSPS) is 12.4. The second kappa shape index (κ2) is 8.18. The van der Waals surface area contributed by atoms with Crippen molar-refractivity contribution in [1.82, 2.24) is 24.6 Å². The van der Waals surface area contributed by atoms with E-state index in [1.54, 1.807) is 13.3 Å². The summed E-state index contributed by atoms with van der Waals surface area (Å²) in [5, 5.41) is 19.3. The number of pyridine rings is 1. The molecule has 5 aromatic rings. The van der Waals surface area contributed by atoms with Gasteiger partial charge in [0.05, 0.1) is 11.6 Å². The molecule has 160 valence electrons. The van der Waals surface area contributed by atoms with Crippen molar-refractivity contribution in [2.45, 2.75) is 19.4 Å². The van der Waals surface area contributed by atoms with Gasteiger partial charge in [0, 0.05) is 47.0 Å². The van der Waals surface area contributed by atoms with Crippen molar-refractivity contribution in [2.24, 2.45) is 0 Å². The molecular formula is C24H21ClN6O. The van der Waals surface area contributed by atoms with Crippen LogP contribution in [0, 0.1) is 0 Å². The van der Waals surface area contributed by atoms with Crippen LogP contribution in [0.5, 0.6) is 0 Å². The molecule has 8 heteroatoms. The highest BCUT2D eigenvalue weighted by Crippen LogP contribution is 2.33. The first-order valence-electron chi connectivity index (χ1n) is 10.3. The number of aliphatic hydroxyl groups excluding tert-OH is 1. The van der Waals surface area contributed by atoms with E-state index < -0.39 is 6.10 Å². The number of aliphatic hydroxyl groups is 1. The first kappa shape index (κ1) is 20.4. The molecule has 0 aliphatic heterocycles. The van der Waals surface area contributed by atoms with Gasteiger partial charge >= 0.3 is 0 Å². The molecule has 0 saturated carbocycles. The second-order valence-electron chi connectivity index (χ2n) is 7.80. The van der Waals surface area contributed by atoms with E-state index in [2.05, 4.69) is 27.3 Å². The highest BCUT2D eigenvalue weighted by atomic mass is 35.5. The molecule has 0 radical (unpaired) electrons. The van der Waals surface area contributed by atoms with Gasteiger partial charge in [-0.2, -0.15) is 4.98 Å². The van der Waals surface area contributed by atoms with Crippen LogP contribution in [0.25, 0.3) is 27.8 Å². The summed E-state index contributed by atoms with van der Waals surface area (Å²) in [4.78, 5) is 11.3. The Kier molecular flexibility index (Phi) is 5.20. The minimum atomic E-state index is -0.412. The predicted molar refractivity (Wildman–Crippen MR) is 126 cm³/mol. The number of hydrogen-bond acceptors (Lipinski definition) is 6. The molecule has 1 N–H and O–H groups in total. The quantitative estimate of drug-likeness (QED) is 0.424. The molecule has 0 amide bonds. The van der Waals surface area contributed by atoms with Gasteiger partial charge in [0.15, 0.2) is 0 Å². The maximum atomic E-state index is 9.57. The lowest BCUT2D eigenvalue weighted by molar-refractivity contribution is 0.194. The highest BCUT2D eigenvalue weighted by Gasteiger charge is 2.15. The summed E-state index contributed by atoms with van der Waals surface area (Å²) in [6.07, 6.45) is 3.61. The van der Waals surface area contributed by atoms with Gasteiger partial charge in [-0.05, 0) is 48.9 Å².